The highest BCUT2D eigenvalue weighted by atomic mass is 16.2. The van der Waals surface area contributed by atoms with Gasteiger partial charge in [0.15, 0.2) is 0 Å². The number of fused-ring (bicyclic) bond motifs is 3. The summed E-state index contributed by atoms with van der Waals surface area (Å²) in [7, 11) is 0. The third-order valence-electron chi connectivity index (χ3n) is 7.71. The van der Waals surface area contributed by atoms with Crippen LogP contribution in [0.25, 0.3) is 5.57 Å². The second kappa shape index (κ2) is 12.5. The second-order valence-electron chi connectivity index (χ2n) is 14.4. The van der Waals surface area contributed by atoms with Crippen LogP contribution < -0.4 is 14.7 Å². The fourth-order valence-electron chi connectivity index (χ4n) is 6.12. The Balaban J connectivity index is 0.000000178. The van der Waals surface area contributed by atoms with Crippen LogP contribution in [0.5, 0.6) is 0 Å². The Morgan fingerprint density at radius 1 is 0.545 bits per heavy atom. The van der Waals surface area contributed by atoms with Gasteiger partial charge in [-0.1, -0.05) is 75.2 Å². The molecule has 0 spiro atoms. The molecule has 44 heavy (non-hydrogen) atoms. The van der Waals surface area contributed by atoms with Crippen molar-refractivity contribution in [2.75, 3.05) is 14.7 Å². The summed E-state index contributed by atoms with van der Waals surface area (Å²) < 4.78 is 0. The highest BCUT2D eigenvalue weighted by Crippen LogP contribution is 2.40. The maximum atomic E-state index is 12.0. The van der Waals surface area contributed by atoms with E-state index in [9.17, 15) is 9.59 Å². The molecule has 0 radical (unpaired) electrons. The zero-order valence-corrected chi connectivity index (χ0v) is 27.4. The number of rotatable bonds is 0. The first kappa shape index (κ1) is 34.4. The number of anilines is 3. The van der Waals surface area contributed by atoms with Gasteiger partial charge >= 0.3 is 0 Å². The van der Waals surface area contributed by atoms with Gasteiger partial charge in [-0.25, -0.2) is 0 Å². The largest absolute Gasteiger partial charge is 0.340 e. The van der Waals surface area contributed by atoms with Crippen molar-refractivity contribution in [2.45, 2.75) is 99.2 Å². The molecule has 0 aliphatic carbocycles. The van der Waals surface area contributed by atoms with E-state index in [4.69, 9.17) is 0 Å². The summed E-state index contributed by atoms with van der Waals surface area (Å²) in [4.78, 5) is 29.9. The molecule has 2 amide bonds. The van der Waals surface area contributed by atoms with Gasteiger partial charge in [0.05, 0.1) is 12.1 Å². The van der Waals surface area contributed by atoms with Gasteiger partial charge in [-0.05, 0) is 91.6 Å². The predicted molar refractivity (Wildman–Crippen MR) is 188 cm³/mol. The lowest BCUT2D eigenvalue weighted by atomic mass is 10.1. The summed E-state index contributed by atoms with van der Waals surface area (Å²) in [5, 5.41) is 0. The highest BCUT2D eigenvalue weighted by Gasteiger charge is 2.37. The first-order valence-electron chi connectivity index (χ1n) is 15.0. The van der Waals surface area contributed by atoms with E-state index in [1.54, 1.807) is 0 Å². The van der Waals surface area contributed by atoms with E-state index < -0.39 is 0 Å². The van der Waals surface area contributed by atoms with Gasteiger partial charge < -0.3 is 14.7 Å². The van der Waals surface area contributed by atoms with E-state index in [2.05, 4.69) is 83.9 Å². The Bertz CT molecular complexity index is 1490. The zero-order chi connectivity index (χ0) is 31.9. The van der Waals surface area contributed by atoms with Crippen LogP contribution >= 0.6 is 0 Å². The quantitative estimate of drug-likeness (QED) is 0.244. The van der Waals surface area contributed by atoms with Crippen molar-refractivity contribution in [3.05, 3.63) is 108 Å². The van der Waals surface area contributed by atoms with E-state index in [0.717, 1.165) is 28.9 Å². The van der Waals surface area contributed by atoms with E-state index in [-0.39, 0.29) is 35.9 Å². The lowest BCUT2D eigenvalue weighted by Gasteiger charge is -2.35. The normalized spacial score (nSPS) is 15.5. The molecule has 3 aliphatic heterocycles. The monoisotopic (exact) mass is 593 g/mol. The lowest BCUT2D eigenvalue weighted by Crippen LogP contribution is -2.43. The number of nitrogens with zero attached hydrogens (tertiary/aromatic N) is 3. The zero-order valence-electron chi connectivity index (χ0n) is 27.4. The van der Waals surface area contributed by atoms with Gasteiger partial charge in [0.2, 0.25) is 5.91 Å². The Morgan fingerprint density at radius 3 is 1.45 bits per heavy atom. The molecule has 6 rings (SSSR count). The summed E-state index contributed by atoms with van der Waals surface area (Å²) >= 11 is 0. The SMILES string of the molecule is C.C=C1C(=O)N(C(C)(C)C)c2ccccc21.C=C1Cc2ccccc2N1C(C)(C)C.CC(C)(C)N1C(=O)Cc2ccccc21. The smallest absolute Gasteiger partial charge is 0.258 e. The maximum absolute atomic E-state index is 12.0. The molecule has 5 heteroatoms. The lowest BCUT2D eigenvalue weighted by molar-refractivity contribution is -0.118. The van der Waals surface area contributed by atoms with Crippen molar-refractivity contribution in [2.24, 2.45) is 0 Å². The minimum absolute atomic E-state index is 0. The van der Waals surface area contributed by atoms with Crippen molar-refractivity contribution < 1.29 is 9.59 Å². The molecular weight excluding hydrogens is 542 g/mol. The average molecular weight is 594 g/mol. The molecule has 5 nitrogen and oxygen atoms in total. The van der Waals surface area contributed by atoms with Crippen molar-refractivity contribution in [1.29, 1.82) is 0 Å². The molecular formula is C39H51N3O2. The molecule has 3 aromatic rings. The topological polar surface area (TPSA) is 43.9 Å². The standard InChI is InChI=1S/C13H15NO.C13H17N.C12H15NO.CH4/c1-9-10-7-5-6-8-11(10)14(12(9)15)13(2,3)4;1-10-9-11-7-5-6-8-12(11)14(10)13(2,3)4;1-12(2,3)13-10-7-5-4-6-9(10)8-11(13)14;/h5-8H,1H2,2-4H3;5-8H,1,9H2,2-4H3;4-7H,8H2,1-3H3;1H4. The molecule has 0 atom stereocenters. The van der Waals surface area contributed by atoms with Crippen LogP contribution in [-0.4, -0.2) is 28.4 Å². The van der Waals surface area contributed by atoms with Crippen molar-refractivity contribution in [1.82, 2.24) is 0 Å². The second-order valence-corrected chi connectivity index (χ2v) is 14.4. The fourth-order valence-corrected chi connectivity index (χ4v) is 6.12. The predicted octanol–water partition coefficient (Wildman–Crippen LogP) is 9.22. The van der Waals surface area contributed by atoms with Crippen LogP contribution in [0.1, 0.15) is 86.4 Å². The van der Waals surface area contributed by atoms with E-state index in [1.165, 1.54) is 16.9 Å². The Morgan fingerprint density at radius 2 is 0.955 bits per heavy atom. The van der Waals surface area contributed by atoms with Gasteiger partial charge in [0.25, 0.3) is 5.91 Å². The van der Waals surface area contributed by atoms with Gasteiger partial charge in [-0.2, -0.15) is 0 Å². The van der Waals surface area contributed by atoms with Crippen molar-refractivity contribution in [3.63, 3.8) is 0 Å². The van der Waals surface area contributed by atoms with E-state index >= 15 is 0 Å². The van der Waals surface area contributed by atoms with Crippen LogP contribution in [0, 0.1) is 0 Å². The molecule has 0 fully saturated rings. The number of benzene rings is 3. The summed E-state index contributed by atoms with van der Waals surface area (Å²) in [6.07, 6.45) is 1.54. The van der Waals surface area contributed by atoms with Gasteiger partial charge in [0, 0.05) is 51.2 Å². The molecule has 0 saturated heterocycles. The number of hydrogen-bond donors (Lipinski definition) is 0. The average Bonchev–Trinajstić information content (AvgIpc) is 3.51. The van der Waals surface area contributed by atoms with Gasteiger partial charge in [0.1, 0.15) is 0 Å². The fraction of sp³-hybridized carbons (Fsp3) is 0.385. The molecule has 0 aromatic heterocycles. The molecule has 3 aromatic carbocycles. The minimum atomic E-state index is -0.202. The van der Waals surface area contributed by atoms with Crippen LogP contribution in [0.2, 0.25) is 0 Å². The van der Waals surface area contributed by atoms with Gasteiger partial charge in [-0.15, -0.1) is 0 Å². The molecule has 3 heterocycles. The number of carbonyl (C=O) groups excluding carboxylic acids is 2. The Hall–Kier alpha value is -4.12. The number of para-hydroxylation sites is 3. The number of carbonyl (C=O) groups is 2. The van der Waals surface area contributed by atoms with E-state index in [0.29, 0.717) is 12.0 Å². The Kier molecular flexibility index (Phi) is 9.74. The van der Waals surface area contributed by atoms with Crippen molar-refractivity contribution >= 4 is 34.4 Å². The molecule has 0 saturated carbocycles. The number of allylic oxidation sites excluding steroid dienone is 1. The van der Waals surface area contributed by atoms with Gasteiger partial charge in [-0.3, -0.25) is 9.59 Å². The van der Waals surface area contributed by atoms with Crippen LogP contribution in [0.4, 0.5) is 17.1 Å². The maximum Gasteiger partial charge on any atom is 0.258 e. The third-order valence-corrected chi connectivity index (χ3v) is 7.71. The first-order valence-corrected chi connectivity index (χ1v) is 15.0. The molecule has 0 N–H and O–H groups in total. The number of hydrogen-bond acceptors (Lipinski definition) is 3. The van der Waals surface area contributed by atoms with Crippen LogP contribution in [0.3, 0.4) is 0 Å². The molecule has 0 unspecified atom stereocenters. The highest BCUT2D eigenvalue weighted by molar-refractivity contribution is 6.32. The third kappa shape index (κ3) is 6.83. The van der Waals surface area contributed by atoms with Crippen LogP contribution in [-0.2, 0) is 22.4 Å². The summed E-state index contributed by atoms with van der Waals surface area (Å²) in [6, 6.07) is 24.4. The number of amides is 2. The summed E-state index contributed by atoms with van der Waals surface area (Å²) in [5.41, 5.74) is 8.48. The Labute approximate surface area is 265 Å². The summed E-state index contributed by atoms with van der Waals surface area (Å²) in [5.74, 6) is 0.224. The summed E-state index contributed by atoms with van der Waals surface area (Å²) in [6.45, 7) is 26.9. The van der Waals surface area contributed by atoms with E-state index in [1.807, 2.05) is 79.1 Å². The molecule has 234 valence electrons. The molecule has 0 bridgehead atoms. The van der Waals surface area contributed by atoms with Crippen molar-refractivity contribution in [3.8, 4) is 0 Å². The first-order chi connectivity index (χ1) is 19.9. The minimum Gasteiger partial charge on any atom is -0.340 e. The van der Waals surface area contributed by atoms with Crippen LogP contribution in [0.15, 0.2) is 91.7 Å². The molecule has 3 aliphatic rings.